The third-order valence-electron chi connectivity index (χ3n) is 4.17. The molecule has 6 nitrogen and oxygen atoms in total. The highest BCUT2D eigenvalue weighted by atomic mass is 16.5. The van der Waals surface area contributed by atoms with Crippen LogP contribution in [0.3, 0.4) is 0 Å². The molecule has 2 aromatic carbocycles. The molecule has 0 fully saturated rings. The molecule has 0 saturated carbocycles. The Bertz CT molecular complexity index is 969. The zero-order chi connectivity index (χ0) is 20.8. The van der Waals surface area contributed by atoms with E-state index in [1.807, 2.05) is 81.4 Å². The number of benzene rings is 2. The number of hydrogen-bond acceptors (Lipinski definition) is 5. The predicted octanol–water partition coefficient (Wildman–Crippen LogP) is 4.93. The summed E-state index contributed by atoms with van der Waals surface area (Å²) < 4.78 is 5.84. The van der Waals surface area contributed by atoms with E-state index in [4.69, 9.17) is 4.74 Å². The van der Waals surface area contributed by atoms with Gasteiger partial charge in [0.25, 0.3) is 5.91 Å². The topological polar surface area (TPSA) is 66.5 Å². The van der Waals surface area contributed by atoms with Gasteiger partial charge in [0.15, 0.2) is 0 Å². The number of nitrogens with zero attached hydrogens (tertiary/aromatic N) is 2. The molecular formula is C23H26N4O2. The summed E-state index contributed by atoms with van der Waals surface area (Å²) in [7, 11) is 3.95. The maximum absolute atomic E-state index is 12.6. The summed E-state index contributed by atoms with van der Waals surface area (Å²) in [4.78, 5) is 18.8. The van der Waals surface area contributed by atoms with E-state index in [0.29, 0.717) is 11.3 Å². The molecule has 0 atom stereocenters. The second kappa shape index (κ2) is 9.10. The van der Waals surface area contributed by atoms with Crippen molar-refractivity contribution in [3.63, 3.8) is 0 Å². The van der Waals surface area contributed by atoms with Crippen molar-refractivity contribution in [3.8, 4) is 5.75 Å². The van der Waals surface area contributed by atoms with Crippen molar-refractivity contribution >= 4 is 28.7 Å². The minimum atomic E-state index is -0.217. The zero-order valence-electron chi connectivity index (χ0n) is 17.1. The molecule has 0 saturated heterocycles. The van der Waals surface area contributed by atoms with Crippen LogP contribution in [0.2, 0.25) is 0 Å². The molecule has 0 radical (unpaired) electrons. The van der Waals surface area contributed by atoms with Gasteiger partial charge in [-0.1, -0.05) is 12.1 Å². The fourth-order valence-corrected chi connectivity index (χ4v) is 2.76. The van der Waals surface area contributed by atoms with Crippen molar-refractivity contribution in [1.29, 1.82) is 0 Å². The van der Waals surface area contributed by atoms with E-state index >= 15 is 0 Å². The first-order chi connectivity index (χ1) is 13.9. The number of aromatic nitrogens is 1. The summed E-state index contributed by atoms with van der Waals surface area (Å²) in [6, 6.07) is 17.1. The average Bonchev–Trinajstić information content (AvgIpc) is 2.70. The van der Waals surface area contributed by atoms with Gasteiger partial charge in [0.05, 0.1) is 29.2 Å². The van der Waals surface area contributed by atoms with Gasteiger partial charge < -0.3 is 20.3 Å². The third kappa shape index (κ3) is 5.48. The fourth-order valence-electron chi connectivity index (χ4n) is 2.76. The summed E-state index contributed by atoms with van der Waals surface area (Å²) in [5.41, 5.74) is 3.79. The number of nitrogens with one attached hydrogen (secondary N) is 2. The normalized spacial score (nSPS) is 10.5. The van der Waals surface area contributed by atoms with Crippen molar-refractivity contribution < 1.29 is 9.53 Å². The second-order valence-electron chi connectivity index (χ2n) is 7.15. The Morgan fingerprint density at radius 3 is 2.41 bits per heavy atom. The maximum Gasteiger partial charge on any atom is 0.257 e. The lowest BCUT2D eigenvalue weighted by Crippen LogP contribution is -2.13. The van der Waals surface area contributed by atoms with E-state index in [1.165, 1.54) is 0 Å². The minimum Gasteiger partial charge on any atom is -0.489 e. The van der Waals surface area contributed by atoms with Crippen LogP contribution in [0.4, 0.5) is 22.7 Å². The van der Waals surface area contributed by atoms with E-state index < -0.39 is 0 Å². The fraction of sp³-hybridized carbons (Fsp3) is 0.217. The number of anilines is 4. The highest BCUT2D eigenvalue weighted by Gasteiger charge is 2.10. The molecule has 0 aliphatic rings. The molecular weight excluding hydrogens is 364 g/mol. The van der Waals surface area contributed by atoms with Crippen molar-refractivity contribution in [2.75, 3.05) is 29.6 Å². The molecule has 150 valence electrons. The molecule has 1 aromatic heterocycles. The zero-order valence-corrected chi connectivity index (χ0v) is 17.1. The van der Waals surface area contributed by atoms with E-state index in [2.05, 4.69) is 15.6 Å². The first-order valence-electron chi connectivity index (χ1n) is 9.49. The summed E-state index contributed by atoms with van der Waals surface area (Å²) in [6.07, 6.45) is 3.28. The van der Waals surface area contributed by atoms with Gasteiger partial charge in [0.1, 0.15) is 5.75 Å². The molecule has 2 N–H and O–H groups in total. The third-order valence-corrected chi connectivity index (χ3v) is 4.17. The molecule has 0 aliphatic carbocycles. The van der Waals surface area contributed by atoms with E-state index in [-0.39, 0.29) is 12.0 Å². The monoisotopic (exact) mass is 390 g/mol. The lowest BCUT2D eigenvalue weighted by Gasteiger charge is -2.15. The van der Waals surface area contributed by atoms with Crippen LogP contribution < -0.4 is 20.3 Å². The molecule has 29 heavy (non-hydrogen) atoms. The first-order valence-corrected chi connectivity index (χ1v) is 9.49. The number of carbonyl (C=O) groups excluding carboxylic acids is 1. The molecule has 1 heterocycles. The number of carbonyl (C=O) groups is 1. The summed E-state index contributed by atoms with van der Waals surface area (Å²) in [6.45, 7) is 3.96. The Balaban J connectivity index is 1.73. The standard InChI is InChI=1S/C23H26N4O2/c1-16(2)29-22-8-6-5-7-21(22)25-19-13-17(14-24-15-19)23(28)26-18-9-11-20(12-10-18)27(3)4/h5-16,25H,1-4H3,(H,26,28). The van der Waals surface area contributed by atoms with Crippen LogP contribution in [0, 0.1) is 0 Å². The van der Waals surface area contributed by atoms with Crippen molar-refractivity contribution in [3.05, 3.63) is 72.6 Å². The predicted molar refractivity (Wildman–Crippen MR) is 118 cm³/mol. The van der Waals surface area contributed by atoms with E-state index in [9.17, 15) is 4.79 Å². The molecule has 3 aromatic rings. The lowest BCUT2D eigenvalue weighted by atomic mass is 10.2. The number of amides is 1. The maximum atomic E-state index is 12.6. The quantitative estimate of drug-likeness (QED) is 0.599. The Morgan fingerprint density at radius 2 is 1.72 bits per heavy atom. The summed E-state index contributed by atoms with van der Waals surface area (Å²) >= 11 is 0. The van der Waals surface area contributed by atoms with Gasteiger partial charge in [0, 0.05) is 31.7 Å². The molecule has 1 amide bonds. The van der Waals surface area contributed by atoms with Crippen molar-refractivity contribution in [1.82, 2.24) is 4.98 Å². The van der Waals surface area contributed by atoms with Crippen LogP contribution in [-0.4, -0.2) is 31.1 Å². The lowest BCUT2D eigenvalue weighted by molar-refractivity contribution is 0.102. The molecule has 3 rings (SSSR count). The largest absolute Gasteiger partial charge is 0.489 e. The van der Waals surface area contributed by atoms with Crippen LogP contribution in [0.25, 0.3) is 0 Å². The molecule has 0 aliphatic heterocycles. The minimum absolute atomic E-state index is 0.0621. The molecule has 0 unspecified atom stereocenters. The number of ether oxygens (including phenoxy) is 1. The number of pyridine rings is 1. The Morgan fingerprint density at radius 1 is 1.00 bits per heavy atom. The van der Waals surface area contributed by atoms with Gasteiger partial charge >= 0.3 is 0 Å². The Kier molecular flexibility index (Phi) is 6.34. The van der Waals surface area contributed by atoms with Crippen molar-refractivity contribution in [2.45, 2.75) is 20.0 Å². The van der Waals surface area contributed by atoms with Gasteiger partial charge in [-0.3, -0.25) is 9.78 Å². The molecule has 0 bridgehead atoms. The SMILES string of the molecule is CC(C)Oc1ccccc1Nc1cncc(C(=O)Nc2ccc(N(C)C)cc2)c1. The van der Waals surface area contributed by atoms with E-state index in [0.717, 1.165) is 22.8 Å². The van der Waals surface area contributed by atoms with Gasteiger partial charge in [-0.15, -0.1) is 0 Å². The van der Waals surface area contributed by atoms with Crippen LogP contribution >= 0.6 is 0 Å². The molecule has 0 spiro atoms. The highest BCUT2D eigenvalue weighted by Crippen LogP contribution is 2.28. The number of hydrogen-bond donors (Lipinski definition) is 2. The smallest absolute Gasteiger partial charge is 0.257 e. The average molecular weight is 390 g/mol. The van der Waals surface area contributed by atoms with Gasteiger partial charge in [-0.25, -0.2) is 0 Å². The summed E-state index contributed by atoms with van der Waals surface area (Å²) in [5, 5.41) is 6.19. The highest BCUT2D eigenvalue weighted by molar-refractivity contribution is 6.04. The van der Waals surface area contributed by atoms with Crippen LogP contribution in [0.15, 0.2) is 67.0 Å². The van der Waals surface area contributed by atoms with E-state index in [1.54, 1.807) is 18.5 Å². The Hall–Kier alpha value is -3.54. The van der Waals surface area contributed by atoms with Crippen LogP contribution in [0.1, 0.15) is 24.2 Å². The van der Waals surface area contributed by atoms with Gasteiger partial charge in [0.2, 0.25) is 0 Å². The molecule has 6 heteroatoms. The van der Waals surface area contributed by atoms with Crippen LogP contribution in [0.5, 0.6) is 5.75 Å². The second-order valence-corrected chi connectivity index (χ2v) is 7.15. The number of para-hydroxylation sites is 2. The Labute approximate surface area is 171 Å². The van der Waals surface area contributed by atoms with Gasteiger partial charge in [-0.2, -0.15) is 0 Å². The first kappa shape index (κ1) is 20.2. The van der Waals surface area contributed by atoms with Gasteiger partial charge in [-0.05, 0) is 56.3 Å². The summed E-state index contributed by atoms with van der Waals surface area (Å²) in [5.74, 6) is 0.531. The number of rotatable bonds is 7. The van der Waals surface area contributed by atoms with Crippen molar-refractivity contribution in [2.24, 2.45) is 0 Å². The van der Waals surface area contributed by atoms with Crippen LogP contribution in [-0.2, 0) is 0 Å².